The topological polar surface area (TPSA) is 24.5 Å². The molecule has 1 aromatic rings. The normalized spacial score (nSPS) is 19.1. The monoisotopic (exact) mass is 274 g/mol. The van der Waals surface area contributed by atoms with Crippen molar-refractivity contribution in [1.82, 2.24) is 10.2 Å². The van der Waals surface area contributed by atoms with Crippen molar-refractivity contribution >= 4 is 0 Å². The molecule has 1 N–H and O–H groups in total. The standard InChI is InChI=1S/C17H26N2O/c1-12-6-7-16(10-13(12)2)20-9-8-19(5)15(4)17-14(3)11-18-17/h6-7,10-11,15,17-18H,8-9H2,1-5H3/t15-,17+/m1/s1. The number of hydrogen-bond acceptors (Lipinski definition) is 3. The van der Waals surface area contributed by atoms with Crippen molar-refractivity contribution in [2.24, 2.45) is 0 Å². The molecule has 1 aliphatic rings. The molecule has 3 heteroatoms. The highest BCUT2D eigenvalue weighted by molar-refractivity contribution is 5.33. The van der Waals surface area contributed by atoms with E-state index < -0.39 is 0 Å². The quantitative estimate of drug-likeness (QED) is 0.863. The van der Waals surface area contributed by atoms with E-state index in [1.807, 2.05) is 6.07 Å². The van der Waals surface area contributed by atoms with Gasteiger partial charge in [-0.3, -0.25) is 4.90 Å². The minimum atomic E-state index is 0.488. The summed E-state index contributed by atoms with van der Waals surface area (Å²) >= 11 is 0. The SMILES string of the molecule is CC1=CN[C@@H]1[C@@H](C)N(C)CCOc1ccc(C)c(C)c1. The molecule has 2 atom stereocenters. The Bertz CT molecular complexity index is 496. The molecule has 0 bridgehead atoms. The third kappa shape index (κ3) is 3.34. The number of rotatable bonds is 6. The van der Waals surface area contributed by atoms with E-state index in [0.717, 1.165) is 18.9 Å². The summed E-state index contributed by atoms with van der Waals surface area (Å²) in [4.78, 5) is 2.34. The van der Waals surface area contributed by atoms with Gasteiger partial charge >= 0.3 is 0 Å². The van der Waals surface area contributed by atoms with Gasteiger partial charge in [0.15, 0.2) is 0 Å². The maximum Gasteiger partial charge on any atom is 0.119 e. The predicted octanol–water partition coefficient (Wildman–Crippen LogP) is 2.88. The number of nitrogens with zero attached hydrogens (tertiary/aromatic N) is 1. The van der Waals surface area contributed by atoms with Crippen molar-refractivity contribution in [1.29, 1.82) is 0 Å². The lowest BCUT2D eigenvalue weighted by Gasteiger charge is -2.37. The molecule has 0 aliphatic carbocycles. The number of benzene rings is 1. The van der Waals surface area contributed by atoms with Crippen LogP contribution in [-0.2, 0) is 0 Å². The molecule has 2 rings (SSSR count). The number of aryl methyl sites for hydroxylation is 2. The smallest absolute Gasteiger partial charge is 0.119 e. The van der Waals surface area contributed by atoms with Gasteiger partial charge in [0, 0.05) is 12.6 Å². The van der Waals surface area contributed by atoms with E-state index in [0.29, 0.717) is 12.1 Å². The van der Waals surface area contributed by atoms with Crippen molar-refractivity contribution in [2.75, 3.05) is 20.2 Å². The number of nitrogens with one attached hydrogen (secondary N) is 1. The molecule has 1 aliphatic heterocycles. The third-order valence-corrected chi connectivity index (χ3v) is 4.35. The minimum absolute atomic E-state index is 0.488. The summed E-state index contributed by atoms with van der Waals surface area (Å²) in [5.41, 5.74) is 4.02. The molecule has 0 fully saturated rings. The van der Waals surface area contributed by atoms with Gasteiger partial charge in [-0.05, 0) is 69.8 Å². The summed E-state index contributed by atoms with van der Waals surface area (Å²) in [6.07, 6.45) is 2.08. The third-order valence-electron chi connectivity index (χ3n) is 4.35. The van der Waals surface area contributed by atoms with Gasteiger partial charge in [0.05, 0.1) is 6.04 Å². The van der Waals surface area contributed by atoms with Crippen LogP contribution in [0, 0.1) is 13.8 Å². The molecular weight excluding hydrogens is 248 g/mol. The summed E-state index contributed by atoms with van der Waals surface area (Å²) in [5, 5.41) is 3.35. The first-order valence-corrected chi connectivity index (χ1v) is 7.32. The van der Waals surface area contributed by atoms with Gasteiger partial charge < -0.3 is 10.1 Å². The molecular formula is C17H26N2O. The van der Waals surface area contributed by atoms with Crippen molar-refractivity contribution in [3.8, 4) is 5.75 Å². The Balaban J connectivity index is 1.77. The summed E-state index contributed by atoms with van der Waals surface area (Å²) in [6.45, 7) is 10.3. The van der Waals surface area contributed by atoms with Crippen molar-refractivity contribution < 1.29 is 4.74 Å². The van der Waals surface area contributed by atoms with Crippen molar-refractivity contribution in [2.45, 2.75) is 39.8 Å². The van der Waals surface area contributed by atoms with Crippen LogP contribution >= 0.6 is 0 Å². The highest BCUT2D eigenvalue weighted by atomic mass is 16.5. The average molecular weight is 274 g/mol. The highest BCUT2D eigenvalue weighted by Gasteiger charge is 2.26. The van der Waals surface area contributed by atoms with Crippen LogP contribution in [0.3, 0.4) is 0 Å². The second-order valence-electron chi connectivity index (χ2n) is 5.85. The van der Waals surface area contributed by atoms with E-state index in [2.05, 4.69) is 63.3 Å². The van der Waals surface area contributed by atoms with Crippen molar-refractivity contribution in [3.05, 3.63) is 41.1 Å². The van der Waals surface area contributed by atoms with E-state index >= 15 is 0 Å². The summed E-state index contributed by atoms with van der Waals surface area (Å²) in [5.74, 6) is 0.965. The zero-order valence-electron chi connectivity index (χ0n) is 13.2. The number of ether oxygens (including phenoxy) is 1. The minimum Gasteiger partial charge on any atom is -0.492 e. The van der Waals surface area contributed by atoms with Gasteiger partial charge in [0.1, 0.15) is 12.4 Å². The summed E-state index contributed by atoms with van der Waals surface area (Å²) in [6, 6.07) is 7.25. The Kier molecular flexibility index (Phi) is 4.71. The van der Waals surface area contributed by atoms with E-state index in [1.165, 1.54) is 16.7 Å². The van der Waals surface area contributed by atoms with Gasteiger partial charge in [-0.25, -0.2) is 0 Å². The van der Waals surface area contributed by atoms with E-state index in [9.17, 15) is 0 Å². The van der Waals surface area contributed by atoms with Gasteiger partial charge in [-0.1, -0.05) is 6.07 Å². The first-order valence-electron chi connectivity index (χ1n) is 7.32. The molecule has 0 saturated carbocycles. The van der Waals surface area contributed by atoms with Crippen LogP contribution in [0.4, 0.5) is 0 Å². The highest BCUT2D eigenvalue weighted by Crippen LogP contribution is 2.18. The lowest BCUT2D eigenvalue weighted by molar-refractivity contribution is 0.177. The van der Waals surface area contributed by atoms with Crippen LogP contribution in [0.15, 0.2) is 30.0 Å². The van der Waals surface area contributed by atoms with E-state index in [4.69, 9.17) is 4.74 Å². The van der Waals surface area contributed by atoms with Crippen LogP contribution in [0.2, 0.25) is 0 Å². The van der Waals surface area contributed by atoms with Gasteiger partial charge in [0.25, 0.3) is 0 Å². The van der Waals surface area contributed by atoms with Crippen LogP contribution in [0.1, 0.15) is 25.0 Å². The Morgan fingerprint density at radius 1 is 1.25 bits per heavy atom. The second-order valence-corrected chi connectivity index (χ2v) is 5.85. The Labute approximate surface area is 122 Å². The second kappa shape index (κ2) is 6.31. The largest absolute Gasteiger partial charge is 0.492 e. The van der Waals surface area contributed by atoms with Crippen LogP contribution in [-0.4, -0.2) is 37.2 Å². The van der Waals surface area contributed by atoms with Gasteiger partial charge in [0.2, 0.25) is 0 Å². The molecule has 110 valence electrons. The van der Waals surface area contributed by atoms with Gasteiger partial charge in [-0.15, -0.1) is 0 Å². The predicted molar refractivity (Wildman–Crippen MR) is 84.2 cm³/mol. The maximum atomic E-state index is 5.84. The lowest BCUT2D eigenvalue weighted by atomic mass is 9.97. The fourth-order valence-corrected chi connectivity index (χ4v) is 2.44. The molecule has 3 nitrogen and oxygen atoms in total. The summed E-state index contributed by atoms with van der Waals surface area (Å²) < 4.78 is 5.84. The Morgan fingerprint density at radius 2 is 2.00 bits per heavy atom. The molecule has 1 heterocycles. The first-order chi connectivity index (χ1) is 9.49. The Morgan fingerprint density at radius 3 is 2.55 bits per heavy atom. The van der Waals surface area contributed by atoms with Crippen LogP contribution in [0.25, 0.3) is 0 Å². The number of likely N-dealkylation sites (N-methyl/N-ethyl adjacent to an activating group) is 1. The number of hydrogen-bond donors (Lipinski definition) is 1. The molecule has 0 radical (unpaired) electrons. The van der Waals surface area contributed by atoms with E-state index in [-0.39, 0.29) is 0 Å². The van der Waals surface area contributed by atoms with Crippen LogP contribution in [0.5, 0.6) is 5.75 Å². The van der Waals surface area contributed by atoms with Gasteiger partial charge in [-0.2, -0.15) is 0 Å². The molecule has 0 spiro atoms. The van der Waals surface area contributed by atoms with Crippen LogP contribution < -0.4 is 10.1 Å². The first kappa shape index (κ1) is 14.9. The van der Waals surface area contributed by atoms with Crippen molar-refractivity contribution in [3.63, 3.8) is 0 Å². The zero-order valence-corrected chi connectivity index (χ0v) is 13.2. The lowest BCUT2D eigenvalue weighted by Crippen LogP contribution is -2.51. The molecule has 1 aromatic carbocycles. The molecule has 0 unspecified atom stereocenters. The van der Waals surface area contributed by atoms with E-state index in [1.54, 1.807) is 0 Å². The zero-order chi connectivity index (χ0) is 14.7. The molecule has 20 heavy (non-hydrogen) atoms. The molecule has 0 aromatic heterocycles. The maximum absolute atomic E-state index is 5.84. The molecule has 0 saturated heterocycles. The summed E-state index contributed by atoms with van der Waals surface area (Å²) in [7, 11) is 2.15. The molecule has 0 amide bonds. The Hall–Kier alpha value is -1.48. The fraction of sp³-hybridized carbons (Fsp3) is 0.529. The fourth-order valence-electron chi connectivity index (χ4n) is 2.44. The average Bonchev–Trinajstić information content (AvgIpc) is 2.40.